The molecule has 0 radical (unpaired) electrons. The molecule has 0 saturated carbocycles. The lowest BCUT2D eigenvalue weighted by Crippen LogP contribution is -1.94. The van der Waals surface area contributed by atoms with E-state index in [9.17, 15) is 4.39 Å². The van der Waals surface area contributed by atoms with E-state index in [2.05, 4.69) is 10.1 Å². The van der Waals surface area contributed by atoms with Crippen LogP contribution < -0.4 is 4.74 Å². The van der Waals surface area contributed by atoms with Crippen LogP contribution in [0.4, 0.5) is 4.39 Å². The number of halogens is 1. The van der Waals surface area contributed by atoms with Crippen molar-refractivity contribution < 1.29 is 9.13 Å². The van der Waals surface area contributed by atoms with Crippen LogP contribution in [-0.4, -0.2) is 14.8 Å². The quantitative estimate of drug-likeness (QED) is 0.731. The van der Waals surface area contributed by atoms with Gasteiger partial charge in [0.15, 0.2) is 5.75 Å². The third-order valence-corrected chi connectivity index (χ3v) is 2.34. The van der Waals surface area contributed by atoms with Crippen molar-refractivity contribution in [1.82, 2.24) is 14.8 Å². The summed E-state index contributed by atoms with van der Waals surface area (Å²) in [7, 11) is 1.83. The molecule has 16 heavy (non-hydrogen) atoms. The summed E-state index contributed by atoms with van der Waals surface area (Å²) in [4.78, 5) is 3.63. The highest BCUT2D eigenvalue weighted by molar-refractivity contribution is 5.35. The van der Waals surface area contributed by atoms with E-state index >= 15 is 0 Å². The van der Waals surface area contributed by atoms with Crippen LogP contribution in [0.25, 0.3) is 0 Å². The Morgan fingerprint density at radius 1 is 1.31 bits per heavy atom. The zero-order valence-electron chi connectivity index (χ0n) is 9.36. The largest absolute Gasteiger partial charge is 0.435 e. The molecule has 84 valence electrons. The molecule has 0 fully saturated rings. The normalized spacial score (nSPS) is 10.5. The van der Waals surface area contributed by atoms with Gasteiger partial charge < -0.3 is 4.74 Å². The SMILES string of the molecule is Cc1nn(C)c(C)c1Oc1cccc(F)n1. The van der Waals surface area contributed by atoms with Gasteiger partial charge in [0, 0.05) is 13.1 Å². The molecule has 0 aliphatic rings. The van der Waals surface area contributed by atoms with E-state index < -0.39 is 5.95 Å². The van der Waals surface area contributed by atoms with Crippen LogP contribution in [0.2, 0.25) is 0 Å². The summed E-state index contributed by atoms with van der Waals surface area (Å²) in [6, 6.07) is 4.43. The van der Waals surface area contributed by atoms with Gasteiger partial charge in [-0.25, -0.2) is 0 Å². The molecule has 0 aliphatic carbocycles. The summed E-state index contributed by atoms with van der Waals surface area (Å²) < 4.78 is 20.1. The molecule has 2 rings (SSSR count). The standard InChI is InChI=1S/C11H12FN3O/c1-7-11(8(2)15(3)14-7)16-10-6-4-5-9(12)13-10/h4-6H,1-3H3. The first-order valence-corrected chi connectivity index (χ1v) is 4.88. The molecular weight excluding hydrogens is 209 g/mol. The number of hydrogen-bond donors (Lipinski definition) is 0. The number of nitrogens with zero attached hydrogens (tertiary/aromatic N) is 3. The van der Waals surface area contributed by atoms with Crippen molar-refractivity contribution in [2.24, 2.45) is 7.05 Å². The Hall–Kier alpha value is -1.91. The summed E-state index contributed by atoms with van der Waals surface area (Å²) in [5, 5.41) is 4.20. The van der Waals surface area contributed by atoms with Crippen LogP contribution in [0.5, 0.6) is 11.6 Å². The van der Waals surface area contributed by atoms with Crippen molar-refractivity contribution in [2.45, 2.75) is 13.8 Å². The minimum atomic E-state index is -0.559. The maximum atomic E-state index is 12.9. The molecule has 2 aromatic rings. The zero-order valence-corrected chi connectivity index (χ0v) is 9.36. The van der Waals surface area contributed by atoms with Gasteiger partial charge in [-0.05, 0) is 19.9 Å². The van der Waals surface area contributed by atoms with E-state index in [1.165, 1.54) is 6.07 Å². The highest BCUT2D eigenvalue weighted by Gasteiger charge is 2.12. The van der Waals surface area contributed by atoms with Crippen LogP contribution >= 0.6 is 0 Å². The molecule has 0 spiro atoms. The number of rotatable bonds is 2. The van der Waals surface area contributed by atoms with Crippen molar-refractivity contribution in [1.29, 1.82) is 0 Å². The molecule has 0 saturated heterocycles. The smallest absolute Gasteiger partial charge is 0.222 e. The van der Waals surface area contributed by atoms with Crippen molar-refractivity contribution in [3.05, 3.63) is 35.5 Å². The molecule has 2 heterocycles. The molecule has 0 amide bonds. The van der Waals surface area contributed by atoms with E-state index in [-0.39, 0.29) is 5.88 Å². The van der Waals surface area contributed by atoms with Gasteiger partial charge in [0.1, 0.15) is 5.69 Å². The van der Waals surface area contributed by atoms with Crippen molar-refractivity contribution in [3.8, 4) is 11.6 Å². The zero-order chi connectivity index (χ0) is 11.7. The van der Waals surface area contributed by atoms with Crippen molar-refractivity contribution in [2.75, 3.05) is 0 Å². The third kappa shape index (κ3) is 1.88. The van der Waals surface area contributed by atoms with Gasteiger partial charge in [-0.2, -0.15) is 14.5 Å². The molecule has 0 aromatic carbocycles. The summed E-state index contributed by atoms with van der Waals surface area (Å²) in [5.74, 6) is 0.302. The summed E-state index contributed by atoms with van der Waals surface area (Å²) in [6.45, 7) is 3.72. The fourth-order valence-electron chi connectivity index (χ4n) is 1.45. The summed E-state index contributed by atoms with van der Waals surface area (Å²) in [6.07, 6.45) is 0. The van der Waals surface area contributed by atoms with E-state index in [1.54, 1.807) is 16.8 Å². The molecule has 2 aromatic heterocycles. The van der Waals surface area contributed by atoms with Crippen LogP contribution in [0.1, 0.15) is 11.4 Å². The number of aryl methyl sites for hydroxylation is 2. The van der Waals surface area contributed by atoms with Gasteiger partial charge in [-0.3, -0.25) is 4.68 Å². The van der Waals surface area contributed by atoms with Crippen LogP contribution in [-0.2, 0) is 7.05 Å². The lowest BCUT2D eigenvalue weighted by molar-refractivity contribution is 0.439. The second-order valence-corrected chi connectivity index (χ2v) is 3.52. The Morgan fingerprint density at radius 2 is 2.06 bits per heavy atom. The first kappa shape index (κ1) is 10.6. The fourth-order valence-corrected chi connectivity index (χ4v) is 1.45. The summed E-state index contributed by atoms with van der Waals surface area (Å²) >= 11 is 0. The predicted molar refractivity (Wildman–Crippen MR) is 57.0 cm³/mol. The maximum Gasteiger partial charge on any atom is 0.222 e. The number of pyridine rings is 1. The lowest BCUT2D eigenvalue weighted by Gasteiger charge is -2.04. The van der Waals surface area contributed by atoms with Gasteiger partial charge in [0.2, 0.25) is 11.8 Å². The topological polar surface area (TPSA) is 39.9 Å². The third-order valence-electron chi connectivity index (χ3n) is 2.34. The average Bonchev–Trinajstić information content (AvgIpc) is 2.45. The maximum absolute atomic E-state index is 12.9. The molecule has 0 N–H and O–H groups in total. The average molecular weight is 221 g/mol. The molecule has 0 atom stereocenters. The Kier molecular flexibility index (Phi) is 2.60. The van der Waals surface area contributed by atoms with Crippen LogP contribution in [0.15, 0.2) is 18.2 Å². The van der Waals surface area contributed by atoms with Gasteiger partial charge >= 0.3 is 0 Å². The first-order valence-electron chi connectivity index (χ1n) is 4.88. The van der Waals surface area contributed by atoms with Crippen molar-refractivity contribution >= 4 is 0 Å². The minimum absolute atomic E-state index is 0.235. The van der Waals surface area contributed by atoms with Crippen LogP contribution in [0, 0.1) is 19.8 Å². The molecule has 0 unspecified atom stereocenters. The lowest BCUT2D eigenvalue weighted by atomic mass is 10.3. The minimum Gasteiger partial charge on any atom is -0.435 e. The Morgan fingerprint density at radius 3 is 2.62 bits per heavy atom. The van der Waals surface area contributed by atoms with E-state index in [4.69, 9.17) is 4.74 Å². The predicted octanol–water partition coefficient (Wildman–Crippen LogP) is 2.36. The Bertz CT molecular complexity index is 522. The highest BCUT2D eigenvalue weighted by atomic mass is 19.1. The van der Waals surface area contributed by atoms with Crippen molar-refractivity contribution in [3.63, 3.8) is 0 Å². The summed E-state index contributed by atoms with van der Waals surface area (Å²) in [5.41, 5.74) is 1.63. The Balaban J connectivity index is 2.34. The van der Waals surface area contributed by atoms with Crippen LogP contribution in [0.3, 0.4) is 0 Å². The van der Waals surface area contributed by atoms with E-state index in [0.29, 0.717) is 5.75 Å². The monoisotopic (exact) mass is 221 g/mol. The van der Waals surface area contributed by atoms with Gasteiger partial charge in [-0.1, -0.05) is 6.07 Å². The number of ether oxygens (including phenoxy) is 1. The van der Waals surface area contributed by atoms with Gasteiger partial charge in [0.05, 0.1) is 5.69 Å². The van der Waals surface area contributed by atoms with E-state index in [1.807, 2.05) is 20.9 Å². The van der Waals surface area contributed by atoms with Gasteiger partial charge in [-0.15, -0.1) is 0 Å². The first-order chi connectivity index (χ1) is 7.58. The molecule has 0 bridgehead atoms. The highest BCUT2D eigenvalue weighted by Crippen LogP contribution is 2.26. The van der Waals surface area contributed by atoms with Gasteiger partial charge in [0.25, 0.3) is 0 Å². The van der Waals surface area contributed by atoms with E-state index in [0.717, 1.165) is 11.4 Å². The molecule has 4 nitrogen and oxygen atoms in total. The number of hydrogen-bond acceptors (Lipinski definition) is 3. The Labute approximate surface area is 92.7 Å². The second kappa shape index (κ2) is 3.92. The molecule has 5 heteroatoms. The molecule has 0 aliphatic heterocycles. The molecular formula is C11H12FN3O. The fraction of sp³-hybridized carbons (Fsp3) is 0.273. The number of aromatic nitrogens is 3. The second-order valence-electron chi connectivity index (χ2n) is 3.52.